The first-order valence-electron chi connectivity index (χ1n) is 7.91. The van der Waals surface area contributed by atoms with Crippen LogP contribution in [-0.2, 0) is 15.7 Å². The van der Waals surface area contributed by atoms with Crippen molar-refractivity contribution >= 4 is 23.3 Å². The summed E-state index contributed by atoms with van der Waals surface area (Å²) in [5.41, 5.74) is -0.447. The van der Waals surface area contributed by atoms with Crippen LogP contribution < -0.4 is 0 Å². The molecule has 0 unspecified atom stereocenters. The van der Waals surface area contributed by atoms with Gasteiger partial charge in [0.1, 0.15) is 16.6 Å². The van der Waals surface area contributed by atoms with Gasteiger partial charge in [-0.25, -0.2) is 9.00 Å². The Balaban J connectivity index is 2.36. The molecule has 5 nitrogen and oxygen atoms in total. The number of ether oxygens (including phenoxy) is 1. The molecule has 0 spiro atoms. The maximum atomic E-state index is 12.0. The standard InChI is InChI=1S/C16H30N2O3S/c1-15(2,3)21-14(19)18-11-8-13(9-12-18)7-10-17-22(20)16(4,5)6/h10,13H,7-9,11-12H2,1-6H3/b17-10+/t22-/m0/s1. The summed E-state index contributed by atoms with van der Waals surface area (Å²) in [5.74, 6) is 0.499. The van der Waals surface area contributed by atoms with Crippen LogP contribution in [0.25, 0.3) is 0 Å². The Kier molecular flexibility index (Phi) is 6.59. The predicted molar refractivity (Wildman–Crippen MR) is 91.5 cm³/mol. The van der Waals surface area contributed by atoms with E-state index in [1.165, 1.54) is 0 Å². The summed E-state index contributed by atoms with van der Waals surface area (Å²) in [7, 11) is -1.18. The number of amides is 1. The fourth-order valence-electron chi connectivity index (χ4n) is 2.10. The van der Waals surface area contributed by atoms with Crippen LogP contribution in [0, 0.1) is 5.92 Å². The summed E-state index contributed by atoms with van der Waals surface area (Å²) < 4.78 is 21.0. The molecule has 1 heterocycles. The summed E-state index contributed by atoms with van der Waals surface area (Å²) in [5, 5.41) is 0. The second-order valence-corrected chi connectivity index (χ2v) is 9.73. The molecule has 6 heteroatoms. The molecular weight excluding hydrogens is 300 g/mol. The van der Waals surface area contributed by atoms with Crippen molar-refractivity contribution in [2.24, 2.45) is 10.3 Å². The largest absolute Gasteiger partial charge is 0.444 e. The van der Waals surface area contributed by atoms with E-state index >= 15 is 0 Å². The van der Waals surface area contributed by atoms with Gasteiger partial charge in [0.2, 0.25) is 0 Å². The highest BCUT2D eigenvalue weighted by atomic mass is 32.2. The normalized spacial score (nSPS) is 19.5. The van der Waals surface area contributed by atoms with Gasteiger partial charge in [-0.1, -0.05) is 0 Å². The van der Waals surface area contributed by atoms with Crippen molar-refractivity contribution < 1.29 is 13.7 Å². The number of carbonyl (C=O) groups excluding carboxylic acids is 1. The first-order valence-corrected chi connectivity index (χ1v) is 9.02. The summed E-state index contributed by atoms with van der Waals surface area (Å²) in [4.78, 5) is 13.7. The third-order valence-corrected chi connectivity index (χ3v) is 4.79. The van der Waals surface area contributed by atoms with Crippen molar-refractivity contribution in [3.05, 3.63) is 0 Å². The van der Waals surface area contributed by atoms with Gasteiger partial charge in [0.25, 0.3) is 0 Å². The molecule has 1 aliphatic rings. The van der Waals surface area contributed by atoms with Gasteiger partial charge < -0.3 is 9.64 Å². The highest BCUT2D eigenvalue weighted by molar-refractivity contribution is 7.85. The molecule has 128 valence electrons. The van der Waals surface area contributed by atoms with Gasteiger partial charge in [0.15, 0.2) is 0 Å². The van der Waals surface area contributed by atoms with Crippen LogP contribution in [0.2, 0.25) is 0 Å². The maximum absolute atomic E-state index is 12.0. The number of hydrogen-bond acceptors (Lipinski definition) is 3. The minimum Gasteiger partial charge on any atom is -0.444 e. The zero-order chi connectivity index (χ0) is 17.0. The Morgan fingerprint density at radius 2 is 1.77 bits per heavy atom. The topological polar surface area (TPSA) is 59.0 Å². The van der Waals surface area contributed by atoms with Crippen LogP contribution in [-0.4, -0.2) is 44.9 Å². The van der Waals surface area contributed by atoms with Crippen molar-refractivity contribution in [3.63, 3.8) is 0 Å². The SMILES string of the molecule is CC(C)(C)OC(=O)N1CCC(C/C=N/[S@@](=O)C(C)(C)C)CC1. The van der Waals surface area contributed by atoms with Gasteiger partial charge in [-0.05, 0) is 66.7 Å². The smallest absolute Gasteiger partial charge is 0.410 e. The van der Waals surface area contributed by atoms with E-state index in [-0.39, 0.29) is 10.8 Å². The summed E-state index contributed by atoms with van der Waals surface area (Å²) in [6.07, 6.45) is 4.26. The summed E-state index contributed by atoms with van der Waals surface area (Å²) in [6, 6.07) is 0. The van der Waals surface area contributed by atoms with E-state index < -0.39 is 16.6 Å². The molecule has 1 saturated heterocycles. The quantitative estimate of drug-likeness (QED) is 0.743. The van der Waals surface area contributed by atoms with Gasteiger partial charge in [-0.3, -0.25) is 0 Å². The van der Waals surface area contributed by atoms with Crippen LogP contribution in [0.4, 0.5) is 4.79 Å². The minimum absolute atomic E-state index is 0.228. The Bertz CT molecular complexity index is 428. The number of carbonyl (C=O) groups is 1. The van der Waals surface area contributed by atoms with Gasteiger partial charge in [0, 0.05) is 19.3 Å². The molecule has 1 amide bonds. The number of hydrogen-bond donors (Lipinski definition) is 0. The molecule has 0 radical (unpaired) electrons. The van der Waals surface area contributed by atoms with E-state index in [1.54, 1.807) is 11.1 Å². The van der Waals surface area contributed by atoms with Crippen LogP contribution in [0.5, 0.6) is 0 Å². The van der Waals surface area contributed by atoms with Gasteiger partial charge in [-0.15, -0.1) is 0 Å². The third kappa shape index (κ3) is 6.90. The van der Waals surface area contributed by atoms with Gasteiger partial charge >= 0.3 is 6.09 Å². The van der Waals surface area contributed by atoms with Crippen molar-refractivity contribution in [3.8, 4) is 0 Å². The number of likely N-dealkylation sites (tertiary alicyclic amines) is 1. The Morgan fingerprint density at radius 3 is 2.23 bits per heavy atom. The first-order chi connectivity index (χ1) is 9.99. The molecule has 0 aromatic carbocycles. The lowest BCUT2D eigenvalue weighted by Gasteiger charge is -2.33. The molecule has 1 aliphatic heterocycles. The van der Waals surface area contributed by atoms with Crippen molar-refractivity contribution in [2.45, 2.75) is 71.2 Å². The molecule has 0 aromatic heterocycles. The average Bonchev–Trinajstić information content (AvgIpc) is 2.36. The molecule has 0 aliphatic carbocycles. The van der Waals surface area contributed by atoms with Gasteiger partial charge in [0.05, 0.1) is 4.75 Å². The Morgan fingerprint density at radius 1 is 1.23 bits per heavy atom. The lowest BCUT2D eigenvalue weighted by molar-refractivity contribution is 0.0187. The highest BCUT2D eigenvalue weighted by Gasteiger charge is 2.26. The van der Waals surface area contributed by atoms with E-state index in [9.17, 15) is 9.00 Å². The lowest BCUT2D eigenvalue weighted by Crippen LogP contribution is -2.41. The summed E-state index contributed by atoms with van der Waals surface area (Å²) in [6.45, 7) is 12.8. The van der Waals surface area contributed by atoms with E-state index in [1.807, 2.05) is 41.5 Å². The van der Waals surface area contributed by atoms with Crippen molar-refractivity contribution in [1.82, 2.24) is 4.90 Å². The average molecular weight is 330 g/mol. The van der Waals surface area contributed by atoms with E-state index in [0.29, 0.717) is 5.92 Å². The van der Waals surface area contributed by atoms with Crippen LogP contribution in [0.15, 0.2) is 4.40 Å². The molecule has 0 aromatic rings. The first kappa shape index (κ1) is 19.1. The van der Waals surface area contributed by atoms with Crippen molar-refractivity contribution in [2.75, 3.05) is 13.1 Å². The monoisotopic (exact) mass is 330 g/mol. The second-order valence-electron chi connectivity index (χ2n) is 7.80. The van der Waals surface area contributed by atoms with Crippen LogP contribution in [0.3, 0.4) is 0 Å². The molecule has 0 N–H and O–H groups in total. The van der Waals surface area contributed by atoms with Gasteiger partial charge in [-0.2, -0.15) is 4.40 Å². The Hall–Kier alpha value is -0.910. The van der Waals surface area contributed by atoms with Crippen LogP contribution in [0.1, 0.15) is 60.8 Å². The minimum atomic E-state index is -1.18. The van der Waals surface area contributed by atoms with E-state index in [2.05, 4.69) is 4.40 Å². The maximum Gasteiger partial charge on any atom is 0.410 e. The molecule has 1 rings (SSSR count). The van der Waals surface area contributed by atoms with E-state index in [0.717, 1.165) is 32.4 Å². The fraction of sp³-hybridized carbons (Fsp3) is 0.875. The summed E-state index contributed by atoms with van der Waals surface area (Å²) >= 11 is 0. The zero-order valence-electron chi connectivity index (χ0n) is 14.7. The van der Waals surface area contributed by atoms with Crippen molar-refractivity contribution in [1.29, 1.82) is 0 Å². The number of rotatable bonds is 3. The van der Waals surface area contributed by atoms with E-state index in [4.69, 9.17) is 4.74 Å². The fourth-order valence-corrected chi connectivity index (χ4v) is 2.63. The molecule has 0 bridgehead atoms. The Labute approximate surface area is 137 Å². The molecule has 1 fully saturated rings. The zero-order valence-corrected chi connectivity index (χ0v) is 15.5. The number of nitrogens with zero attached hydrogens (tertiary/aromatic N) is 2. The highest BCUT2D eigenvalue weighted by Crippen LogP contribution is 2.22. The lowest BCUT2D eigenvalue weighted by atomic mass is 9.94. The molecule has 22 heavy (non-hydrogen) atoms. The second kappa shape index (κ2) is 7.57. The number of piperidine rings is 1. The molecule has 1 atom stereocenters. The molecular formula is C16H30N2O3S. The third-order valence-electron chi connectivity index (χ3n) is 3.40. The van der Waals surface area contributed by atoms with Crippen LogP contribution >= 0.6 is 0 Å². The molecule has 0 saturated carbocycles. The predicted octanol–water partition coefficient (Wildman–Crippen LogP) is 3.56.